The molecule has 246 valence electrons. The van der Waals surface area contributed by atoms with Gasteiger partial charge in [-0.15, -0.1) is 0 Å². The predicted molar refractivity (Wildman–Crippen MR) is 177 cm³/mol. The zero-order chi connectivity index (χ0) is 32.0. The lowest BCUT2D eigenvalue weighted by atomic mass is 10.0. The van der Waals surface area contributed by atoms with Gasteiger partial charge in [-0.2, -0.15) is 0 Å². The highest BCUT2D eigenvalue weighted by molar-refractivity contribution is 6.60. The fraction of sp³-hybridized carbons (Fsp3) is 0.588. The van der Waals surface area contributed by atoms with Gasteiger partial charge in [0, 0.05) is 38.0 Å². The molecule has 1 amide bonds. The van der Waals surface area contributed by atoms with Crippen LogP contribution in [0, 0.1) is 0 Å². The molecule has 0 radical (unpaired) electrons. The maximum Gasteiger partial charge on any atom is 0.500 e. The minimum atomic E-state index is -2.73. The fourth-order valence-corrected chi connectivity index (χ4v) is 7.50. The number of alkyl carbamates (subject to hydrolysis) is 1. The second-order valence-corrected chi connectivity index (χ2v) is 13.3. The number of carboxylic acids is 1. The second-order valence-electron chi connectivity index (χ2n) is 10.6. The number of hydrogen-bond donors (Lipinski definition) is 2. The molecule has 0 spiro atoms. The van der Waals surface area contributed by atoms with Crippen LogP contribution in [-0.2, 0) is 22.8 Å². The van der Waals surface area contributed by atoms with Gasteiger partial charge in [0.15, 0.2) is 0 Å². The number of benzene rings is 2. The van der Waals surface area contributed by atoms with Crippen molar-refractivity contribution in [2.75, 3.05) is 39.6 Å². The summed E-state index contributed by atoms with van der Waals surface area (Å²) in [5.74, 6) is -0.0935. The van der Waals surface area contributed by atoms with Gasteiger partial charge in [0.25, 0.3) is 0 Å². The number of ether oxygens (including phenoxy) is 2. The topological polar surface area (TPSA) is 113 Å². The third kappa shape index (κ3) is 14.2. The number of unbranched alkanes of at least 4 members (excludes halogenated alkanes) is 5. The van der Waals surface area contributed by atoms with Crippen molar-refractivity contribution in [3.8, 4) is 5.75 Å². The van der Waals surface area contributed by atoms with Crippen LogP contribution >= 0.6 is 0 Å². The van der Waals surface area contributed by atoms with Gasteiger partial charge in [-0.3, -0.25) is 0 Å². The van der Waals surface area contributed by atoms with Gasteiger partial charge in [-0.25, -0.2) is 9.59 Å². The first-order chi connectivity index (χ1) is 21.4. The van der Waals surface area contributed by atoms with Crippen molar-refractivity contribution in [2.24, 2.45) is 0 Å². The van der Waals surface area contributed by atoms with Crippen LogP contribution in [0.15, 0.2) is 42.0 Å². The second kappa shape index (κ2) is 21.7. The molecule has 0 aliphatic heterocycles. The fourth-order valence-electron chi connectivity index (χ4n) is 4.89. The molecule has 0 saturated carbocycles. The summed E-state index contributed by atoms with van der Waals surface area (Å²) in [6.45, 7) is 10.8. The normalized spacial score (nSPS) is 12.0. The molecule has 0 saturated heterocycles. The SMILES string of the molecule is CCCCCCCOc1ccc2cc(/C=C(\CCCCOC(=O)NCCC[Si](OCC)(OCC)OCC)C(=O)O)ccc2c1. The Balaban J connectivity index is 1.76. The van der Waals surface area contributed by atoms with E-state index in [1.807, 2.05) is 57.2 Å². The summed E-state index contributed by atoms with van der Waals surface area (Å²) in [6.07, 6.45) is 9.40. The number of carbonyl (C=O) groups is 2. The van der Waals surface area contributed by atoms with Gasteiger partial charge in [0.05, 0.1) is 13.2 Å². The maximum atomic E-state index is 12.1. The van der Waals surface area contributed by atoms with Gasteiger partial charge in [0.1, 0.15) is 5.75 Å². The van der Waals surface area contributed by atoms with Crippen LogP contribution < -0.4 is 10.1 Å². The summed E-state index contributed by atoms with van der Waals surface area (Å²) in [6, 6.07) is 12.5. The Labute approximate surface area is 264 Å². The first-order valence-electron chi connectivity index (χ1n) is 16.3. The number of carboxylic acid groups (broad SMARTS) is 1. The van der Waals surface area contributed by atoms with Crippen LogP contribution in [0.3, 0.4) is 0 Å². The lowest BCUT2D eigenvalue weighted by molar-refractivity contribution is -0.132. The number of carbonyl (C=O) groups excluding carboxylic acids is 1. The first-order valence-corrected chi connectivity index (χ1v) is 18.2. The zero-order valence-electron chi connectivity index (χ0n) is 27.2. The molecule has 44 heavy (non-hydrogen) atoms. The van der Waals surface area contributed by atoms with E-state index in [9.17, 15) is 14.7 Å². The van der Waals surface area contributed by atoms with Crippen molar-refractivity contribution in [3.63, 3.8) is 0 Å². The van der Waals surface area contributed by atoms with Gasteiger partial charge in [-0.05, 0) is 93.5 Å². The Kier molecular flexibility index (Phi) is 18.4. The number of aliphatic carboxylic acids is 1. The number of hydrogen-bond acceptors (Lipinski definition) is 7. The van der Waals surface area contributed by atoms with Crippen LogP contribution in [0.25, 0.3) is 16.8 Å². The Bertz CT molecular complexity index is 1140. The van der Waals surface area contributed by atoms with E-state index in [2.05, 4.69) is 12.2 Å². The smallest absolute Gasteiger partial charge is 0.494 e. The Morgan fingerprint density at radius 3 is 2.14 bits per heavy atom. The average molecular weight is 632 g/mol. The maximum absolute atomic E-state index is 12.1. The number of nitrogens with one attached hydrogen (secondary N) is 1. The molecule has 2 N–H and O–H groups in total. The standard InChI is InChI=1S/C34H53NO8Si/c1-5-9-10-11-13-22-39-32-20-19-29-25-28(17-18-30(29)27-32)26-31(33(36)37)16-12-14-23-40-34(38)35-21-15-24-44(41-6-2,42-7-3)43-8-4/h17-20,25-27H,5-16,21-24H2,1-4H3,(H,35,38)(H,36,37)/b31-26+. The van der Waals surface area contributed by atoms with E-state index >= 15 is 0 Å². The molecule has 2 aromatic rings. The summed E-state index contributed by atoms with van der Waals surface area (Å²) < 4.78 is 28.7. The van der Waals surface area contributed by atoms with E-state index in [1.54, 1.807) is 6.08 Å². The van der Waals surface area contributed by atoms with E-state index in [1.165, 1.54) is 25.7 Å². The molecule has 0 heterocycles. The van der Waals surface area contributed by atoms with Crippen LogP contribution in [0.2, 0.25) is 6.04 Å². The van der Waals surface area contributed by atoms with Crippen molar-refractivity contribution in [1.82, 2.24) is 5.32 Å². The minimum absolute atomic E-state index is 0.216. The molecule has 0 unspecified atom stereocenters. The summed E-state index contributed by atoms with van der Waals surface area (Å²) in [7, 11) is -2.73. The molecule has 9 nitrogen and oxygen atoms in total. The predicted octanol–water partition coefficient (Wildman–Crippen LogP) is 7.99. The molecule has 0 aliphatic rings. The van der Waals surface area contributed by atoms with E-state index in [0.717, 1.165) is 28.5 Å². The van der Waals surface area contributed by atoms with Crippen molar-refractivity contribution < 1.29 is 37.4 Å². The van der Waals surface area contributed by atoms with Crippen LogP contribution in [0.1, 0.15) is 91.0 Å². The largest absolute Gasteiger partial charge is 0.500 e. The highest BCUT2D eigenvalue weighted by Crippen LogP contribution is 2.24. The highest BCUT2D eigenvalue weighted by atomic mass is 28.4. The van der Waals surface area contributed by atoms with Crippen molar-refractivity contribution in [3.05, 3.63) is 47.5 Å². The Morgan fingerprint density at radius 2 is 1.45 bits per heavy atom. The van der Waals surface area contributed by atoms with Crippen LogP contribution in [-0.4, -0.2) is 65.6 Å². The third-order valence-corrected chi connectivity index (χ3v) is 10.2. The third-order valence-electron chi connectivity index (χ3n) is 7.06. The van der Waals surface area contributed by atoms with Gasteiger partial charge >= 0.3 is 20.9 Å². The van der Waals surface area contributed by atoms with E-state index in [0.29, 0.717) is 70.3 Å². The molecule has 0 atom stereocenters. The van der Waals surface area contributed by atoms with E-state index < -0.39 is 20.9 Å². The Morgan fingerprint density at radius 1 is 0.795 bits per heavy atom. The molecule has 2 aromatic carbocycles. The molecule has 2 rings (SSSR count). The summed E-state index contributed by atoms with van der Waals surface area (Å²) >= 11 is 0. The molecule has 10 heteroatoms. The van der Waals surface area contributed by atoms with E-state index in [-0.39, 0.29) is 6.61 Å². The van der Waals surface area contributed by atoms with Gasteiger partial charge in [0.2, 0.25) is 0 Å². The molecular weight excluding hydrogens is 578 g/mol. The lowest BCUT2D eigenvalue weighted by Crippen LogP contribution is -2.46. The Hall–Kier alpha value is -2.92. The van der Waals surface area contributed by atoms with Gasteiger partial charge < -0.3 is 33.2 Å². The lowest BCUT2D eigenvalue weighted by Gasteiger charge is -2.28. The molecule has 0 aromatic heterocycles. The highest BCUT2D eigenvalue weighted by Gasteiger charge is 2.39. The average Bonchev–Trinajstić information content (AvgIpc) is 3.00. The number of amides is 1. The molecule has 0 bridgehead atoms. The zero-order valence-corrected chi connectivity index (χ0v) is 28.2. The van der Waals surface area contributed by atoms with Crippen molar-refractivity contribution >= 4 is 37.7 Å². The summed E-state index contributed by atoms with van der Waals surface area (Å²) in [4.78, 5) is 24.0. The van der Waals surface area contributed by atoms with Crippen LogP contribution in [0.4, 0.5) is 4.79 Å². The number of fused-ring (bicyclic) bond motifs is 1. The minimum Gasteiger partial charge on any atom is -0.494 e. The van der Waals surface area contributed by atoms with Crippen molar-refractivity contribution in [2.45, 2.75) is 91.5 Å². The summed E-state index contributed by atoms with van der Waals surface area (Å²) in [5, 5.41) is 14.6. The molecular formula is C34H53NO8Si. The quantitative estimate of drug-likeness (QED) is 0.0681. The van der Waals surface area contributed by atoms with E-state index in [4.69, 9.17) is 22.8 Å². The number of rotatable bonds is 24. The van der Waals surface area contributed by atoms with Crippen LogP contribution in [0.5, 0.6) is 5.75 Å². The monoisotopic (exact) mass is 631 g/mol. The summed E-state index contributed by atoms with van der Waals surface area (Å²) in [5.41, 5.74) is 1.16. The van der Waals surface area contributed by atoms with Gasteiger partial charge in [-0.1, -0.05) is 50.8 Å². The molecule has 0 aliphatic carbocycles. The van der Waals surface area contributed by atoms with Crippen molar-refractivity contribution in [1.29, 1.82) is 0 Å². The molecule has 0 fully saturated rings. The first kappa shape index (κ1) is 37.3.